The van der Waals surface area contributed by atoms with Crippen LogP contribution in [0.3, 0.4) is 0 Å². The van der Waals surface area contributed by atoms with Gasteiger partial charge in [0.05, 0.1) is 15.0 Å². The van der Waals surface area contributed by atoms with Crippen LogP contribution in [0.15, 0.2) is 21.7 Å². The molecule has 2 atom stereocenters. The largest absolute Gasteiger partial charge is 0.396 e. The Hall–Kier alpha value is -0.230. The minimum atomic E-state index is -0.940. The van der Waals surface area contributed by atoms with Gasteiger partial charge < -0.3 is 10.4 Å². The van der Waals surface area contributed by atoms with Crippen LogP contribution in [-0.4, -0.2) is 34.3 Å². The number of rotatable bonds is 7. The van der Waals surface area contributed by atoms with Crippen molar-refractivity contribution >= 4 is 22.1 Å². The molecule has 0 saturated carbocycles. The first-order valence-electron chi connectivity index (χ1n) is 5.04. The molecule has 15 heavy (non-hydrogen) atoms. The lowest BCUT2D eigenvalue weighted by Crippen LogP contribution is -2.34. The summed E-state index contributed by atoms with van der Waals surface area (Å²) in [5, 5.41) is 14.0. The van der Waals surface area contributed by atoms with Crippen molar-refractivity contribution in [2.45, 2.75) is 23.6 Å². The molecule has 0 aliphatic carbocycles. The summed E-state index contributed by atoms with van der Waals surface area (Å²) in [4.78, 5) is 0. The fourth-order valence-electron chi connectivity index (χ4n) is 1.35. The van der Waals surface area contributed by atoms with Crippen molar-refractivity contribution in [1.29, 1.82) is 0 Å². The zero-order chi connectivity index (χ0) is 11.1. The lowest BCUT2D eigenvalue weighted by atomic mass is 10.2. The van der Waals surface area contributed by atoms with Gasteiger partial charge in [0.1, 0.15) is 0 Å². The molecule has 2 N–H and O–H groups in total. The molecule has 0 saturated heterocycles. The molecular formula is C10H17NO2S2. The van der Waals surface area contributed by atoms with Crippen LogP contribution in [0, 0.1) is 0 Å². The molecule has 0 aliphatic heterocycles. The summed E-state index contributed by atoms with van der Waals surface area (Å²) >= 11 is 1.52. The van der Waals surface area contributed by atoms with Gasteiger partial charge in [0.25, 0.3) is 0 Å². The molecule has 0 aromatic carbocycles. The topological polar surface area (TPSA) is 49.3 Å². The van der Waals surface area contributed by atoms with E-state index in [2.05, 4.69) is 5.32 Å². The molecule has 1 aromatic heterocycles. The van der Waals surface area contributed by atoms with Gasteiger partial charge in [-0.1, -0.05) is 13.0 Å². The highest BCUT2D eigenvalue weighted by Gasteiger charge is 2.13. The van der Waals surface area contributed by atoms with Crippen molar-refractivity contribution in [3.63, 3.8) is 0 Å². The van der Waals surface area contributed by atoms with Crippen molar-refractivity contribution < 1.29 is 9.32 Å². The van der Waals surface area contributed by atoms with E-state index in [1.807, 2.05) is 24.4 Å². The maximum atomic E-state index is 11.9. The lowest BCUT2D eigenvalue weighted by molar-refractivity contribution is 0.271. The van der Waals surface area contributed by atoms with Crippen molar-refractivity contribution in [2.75, 3.05) is 18.9 Å². The van der Waals surface area contributed by atoms with Crippen molar-refractivity contribution in [3.8, 4) is 0 Å². The minimum absolute atomic E-state index is 0.138. The summed E-state index contributed by atoms with van der Waals surface area (Å²) in [6, 6.07) is 3.94. The molecule has 86 valence electrons. The third-order valence-electron chi connectivity index (χ3n) is 2.04. The van der Waals surface area contributed by atoms with Crippen LogP contribution < -0.4 is 5.32 Å². The Morgan fingerprint density at radius 3 is 3.00 bits per heavy atom. The Balaban J connectivity index is 2.47. The molecule has 3 nitrogen and oxygen atoms in total. The third-order valence-corrected chi connectivity index (χ3v) is 4.84. The molecular weight excluding hydrogens is 230 g/mol. The van der Waals surface area contributed by atoms with Gasteiger partial charge in [-0.3, -0.25) is 4.21 Å². The lowest BCUT2D eigenvalue weighted by Gasteiger charge is -2.15. The van der Waals surface area contributed by atoms with Crippen LogP contribution >= 0.6 is 11.3 Å². The molecule has 0 aliphatic rings. The van der Waals surface area contributed by atoms with Gasteiger partial charge in [-0.2, -0.15) is 0 Å². The SMILES string of the molecule is CCNC(CCO)CS(=O)c1cccs1. The number of aliphatic hydroxyl groups excluding tert-OH is 1. The first kappa shape index (κ1) is 12.8. The molecule has 0 fully saturated rings. The highest BCUT2D eigenvalue weighted by atomic mass is 32.2. The third kappa shape index (κ3) is 4.42. The molecule has 2 unspecified atom stereocenters. The summed E-state index contributed by atoms with van der Waals surface area (Å²) in [5.41, 5.74) is 0. The molecule has 0 bridgehead atoms. The van der Waals surface area contributed by atoms with E-state index in [1.165, 1.54) is 11.3 Å². The maximum absolute atomic E-state index is 11.9. The summed E-state index contributed by atoms with van der Waals surface area (Å²) in [5.74, 6) is 0.578. The number of hydrogen-bond acceptors (Lipinski definition) is 4. The summed E-state index contributed by atoms with van der Waals surface area (Å²) < 4.78 is 12.8. The summed E-state index contributed by atoms with van der Waals surface area (Å²) in [6.07, 6.45) is 0.658. The van der Waals surface area contributed by atoms with Gasteiger partial charge in [0, 0.05) is 18.4 Å². The molecule has 0 radical (unpaired) electrons. The van der Waals surface area contributed by atoms with Gasteiger partial charge in [-0.25, -0.2) is 0 Å². The molecule has 1 aromatic rings. The standard InChI is InChI=1S/C10H17NO2S2/c1-2-11-9(5-6-12)8-15(13)10-4-3-7-14-10/h3-4,7,9,11-12H,2,5-6,8H2,1H3. The number of nitrogens with one attached hydrogen (secondary N) is 1. The van der Waals surface area contributed by atoms with Crippen LogP contribution in [0.25, 0.3) is 0 Å². The van der Waals surface area contributed by atoms with Gasteiger partial charge in [0.2, 0.25) is 0 Å². The number of thiophene rings is 1. The Morgan fingerprint density at radius 2 is 2.47 bits per heavy atom. The molecule has 0 amide bonds. The van der Waals surface area contributed by atoms with Crippen LogP contribution in [0.5, 0.6) is 0 Å². The van der Waals surface area contributed by atoms with E-state index in [4.69, 9.17) is 5.11 Å². The number of aliphatic hydroxyl groups is 1. The minimum Gasteiger partial charge on any atom is -0.396 e. The van der Waals surface area contributed by atoms with E-state index in [0.717, 1.165) is 10.8 Å². The van der Waals surface area contributed by atoms with Crippen LogP contribution in [-0.2, 0) is 10.8 Å². The van der Waals surface area contributed by atoms with Crippen LogP contribution in [0.1, 0.15) is 13.3 Å². The summed E-state index contributed by atoms with van der Waals surface area (Å²) in [6.45, 7) is 2.99. The maximum Gasteiger partial charge on any atom is 0.0911 e. The Bertz CT molecular complexity index is 282. The Labute approximate surface area is 97.0 Å². The Kier molecular flexibility index (Phi) is 6.09. The predicted octanol–water partition coefficient (Wildman–Crippen LogP) is 1.22. The first-order valence-corrected chi connectivity index (χ1v) is 7.24. The van der Waals surface area contributed by atoms with E-state index in [1.54, 1.807) is 0 Å². The summed E-state index contributed by atoms with van der Waals surface area (Å²) in [7, 11) is -0.940. The van der Waals surface area contributed by atoms with Gasteiger partial charge >= 0.3 is 0 Å². The quantitative estimate of drug-likeness (QED) is 0.761. The van der Waals surface area contributed by atoms with Crippen molar-refractivity contribution in [1.82, 2.24) is 5.32 Å². The van der Waals surface area contributed by atoms with Gasteiger partial charge in [0.15, 0.2) is 0 Å². The second-order valence-corrected chi connectivity index (χ2v) is 5.88. The molecule has 0 spiro atoms. The average molecular weight is 247 g/mol. The van der Waals surface area contributed by atoms with E-state index >= 15 is 0 Å². The van der Waals surface area contributed by atoms with Gasteiger partial charge in [-0.05, 0) is 24.4 Å². The van der Waals surface area contributed by atoms with Crippen molar-refractivity contribution in [2.24, 2.45) is 0 Å². The first-order chi connectivity index (χ1) is 7.27. The van der Waals surface area contributed by atoms with Gasteiger partial charge in [-0.15, -0.1) is 11.3 Å². The fraction of sp³-hybridized carbons (Fsp3) is 0.600. The predicted molar refractivity (Wildman–Crippen MR) is 64.8 cm³/mol. The average Bonchev–Trinajstić information content (AvgIpc) is 2.71. The monoisotopic (exact) mass is 247 g/mol. The number of hydrogen-bond donors (Lipinski definition) is 2. The van der Waals surface area contributed by atoms with E-state index < -0.39 is 10.8 Å². The second-order valence-electron chi connectivity index (χ2n) is 3.21. The molecule has 1 heterocycles. The van der Waals surface area contributed by atoms with Crippen molar-refractivity contribution in [3.05, 3.63) is 17.5 Å². The smallest absolute Gasteiger partial charge is 0.0911 e. The zero-order valence-electron chi connectivity index (χ0n) is 8.81. The van der Waals surface area contributed by atoms with E-state index in [-0.39, 0.29) is 12.6 Å². The highest BCUT2D eigenvalue weighted by Crippen LogP contribution is 2.15. The fourth-order valence-corrected chi connectivity index (χ4v) is 3.64. The normalized spacial score (nSPS) is 15.1. The van der Waals surface area contributed by atoms with Crippen LogP contribution in [0.2, 0.25) is 0 Å². The second kappa shape index (κ2) is 7.11. The molecule has 5 heteroatoms. The van der Waals surface area contributed by atoms with Crippen LogP contribution in [0.4, 0.5) is 0 Å². The highest BCUT2D eigenvalue weighted by molar-refractivity contribution is 7.87. The van der Waals surface area contributed by atoms with E-state index in [0.29, 0.717) is 12.2 Å². The molecule has 1 rings (SSSR count). The zero-order valence-corrected chi connectivity index (χ0v) is 10.4. The Morgan fingerprint density at radius 1 is 1.67 bits per heavy atom. The van der Waals surface area contributed by atoms with E-state index in [9.17, 15) is 4.21 Å².